The number of aromatic nitrogens is 3. The maximum absolute atomic E-state index is 11.8. The maximum atomic E-state index is 11.8. The normalized spacial score (nSPS) is 10.4. The van der Waals surface area contributed by atoms with Gasteiger partial charge in [0.2, 0.25) is 0 Å². The van der Waals surface area contributed by atoms with Gasteiger partial charge in [-0.3, -0.25) is 9.48 Å². The summed E-state index contributed by atoms with van der Waals surface area (Å²) >= 11 is 5.74. The predicted octanol–water partition coefficient (Wildman–Crippen LogP) is 1.46. The Morgan fingerprint density at radius 1 is 1.47 bits per heavy atom. The molecule has 0 saturated carbocycles. The van der Waals surface area contributed by atoms with Gasteiger partial charge >= 0.3 is 0 Å². The molecule has 1 amide bonds. The summed E-state index contributed by atoms with van der Waals surface area (Å²) in [7, 11) is 0. The maximum Gasteiger partial charge on any atom is 0.251 e. The first-order chi connectivity index (χ1) is 9.16. The zero-order valence-electron chi connectivity index (χ0n) is 10.1. The van der Waals surface area contributed by atoms with Gasteiger partial charge in [0.15, 0.2) is 0 Å². The highest BCUT2D eigenvalue weighted by atomic mass is 35.5. The summed E-state index contributed by atoms with van der Waals surface area (Å²) in [5.74, 6) is -0.259. The van der Waals surface area contributed by atoms with Crippen molar-refractivity contribution in [3.8, 4) is 5.75 Å². The van der Waals surface area contributed by atoms with Crippen molar-refractivity contribution >= 4 is 17.5 Å². The number of nitrogens with zero attached hydrogens (tertiary/aromatic N) is 3. The molecule has 1 aromatic heterocycles. The van der Waals surface area contributed by atoms with Crippen LogP contribution in [0, 0.1) is 0 Å². The highest BCUT2D eigenvalue weighted by molar-refractivity contribution is 6.32. The molecule has 0 spiro atoms. The van der Waals surface area contributed by atoms with Crippen LogP contribution in [0.15, 0.2) is 30.6 Å². The molecule has 0 unspecified atom stereocenters. The number of phenolic OH excluding ortho intramolecular Hbond substituents is 1. The summed E-state index contributed by atoms with van der Waals surface area (Å²) in [5.41, 5.74) is 0.420. The Morgan fingerprint density at radius 2 is 2.32 bits per heavy atom. The molecule has 0 aliphatic heterocycles. The first-order valence-electron chi connectivity index (χ1n) is 5.77. The number of carbonyl (C=O) groups is 1. The SMILES string of the molecule is O=C(NCCCn1ccnn1)c1ccc(O)c(Cl)c1. The van der Waals surface area contributed by atoms with E-state index in [1.807, 2.05) is 0 Å². The lowest BCUT2D eigenvalue weighted by Gasteiger charge is -2.06. The van der Waals surface area contributed by atoms with Crippen LogP contribution in [0.1, 0.15) is 16.8 Å². The van der Waals surface area contributed by atoms with Gasteiger partial charge in [-0.15, -0.1) is 5.10 Å². The van der Waals surface area contributed by atoms with Crippen LogP contribution < -0.4 is 5.32 Å². The van der Waals surface area contributed by atoms with Gasteiger partial charge in [-0.25, -0.2) is 0 Å². The Balaban J connectivity index is 1.79. The fourth-order valence-electron chi connectivity index (χ4n) is 1.55. The second kappa shape index (κ2) is 6.19. The van der Waals surface area contributed by atoms with Crippen molar-refractivity contribution in [2.75, 3.05) is 6.54 Å². The lowest BCUT2D eigenvalue weighted by molar-refractivity contribution is 0.0952. The third-order valence-electron chi connectivity index (χ3n) is 2.53. The van der Waals surface area contributed by atoms with E-state index in [9.17, 15) is 9.90 Å². The lowest BCUT2D eigenvalue weighted by Crippen LogP contribution is -2.25. The number of halogens is 1. The minimum atomic E-state index is -0.222. The van der Waals surface area contributed by atoms with Gasteiger partial charge in [0.05, 0.1) is 11.2 Å². The molecule has 7 heteroatoms. The zero-order valence-corrected chi connectivity index (χ0v) is 10.8. The minimum Gasteiger partial charge on any atom is -0.506 e. The number of rotatable bonds is 5. The average molecular weight is 281 g/mol. The number of phenols is 1. The van der Waals surface area contributed by atoms with E-state index >= 15 is 0 Å². The fraction of sp³-hybridized carbons (Fsp3) is 0.250. The van der Waals surface area contributed by atoms with Crippen molar-refractivity contribution < 1.29 is 9.90 Å². The first-order valence-corrected chi connectivity index (χ1v) is 6.15. The number of aromatic hydroxyl groups is 1. The van der Waals surface area contributed by atoms with Gasteiger partial charge in [-0.1, -0.05) is 16.8 Å². The average Bonchev–Trinajstić information content (AvgIpc) is 2.91. The Bertz CT molecular complexity index is 557. The molecule has 1 aromatic carbocycles. The third-order valence-corrected chi connectivity index (χ3v) is 2.83. The molecule has 0 radical (unpaired) electrons. The highest BCUT2D eigenvalue weighted by Crippen LogP contribution is 2.23. The van der Waals surface area contributed by atoms with Crippen LogP contribution in [0.4, 0.5) is 0 Å². The topological polar surface area (TPSA) is 80.0 Å². The van der Waals surface area contributed by atoms with Crippen molar-refractivity contribution in [2.45, 2.75) is 13.0 Å². The van der Waals surface area contributed by atoms with Crippen LogP contribution in [-0.4, -0.2) is 32.6 Å². The van der Waals surface area contributed by atoms with E-state index in [-0.39, 0.29) is 16.7 Å². The molecule has 19 heavy (non-hydrogen) atoms. The summed E-state index contributed by atoms with van der Waals surface area (Å²) in [5, 5.41) is 19.7. The molecular formula is C12H13ClN4O2. The van der Waals surface area contributed by atoms with Crippen LogP contribution >= 0.6 is 11.6 Å². The number of hydrogen-bond acceptors (Lipinski definition) is 4. The van der Waals surface area contributed by atoms with Crippen molar-refractivity contribution in [3.63, 3.8) is 0 Å². The van der Waals surface area contributed by atoms with E-state index in [4.69, 9.17) is 11.6 Å². The molecule has 0 bridgehead atoms. The zero-order chi connectivity index (χ0) is 13.7. The molecule has 0 saturated heterocycles. The molecule has 100 valence electrons. The smallest absolute Gasteiger partial charge is 0.251 e. The molecule has 0 fully saturated rings. The largest absolute Gasteiger partial charge is 0.506 e. The Hall–Kier alpha value is -2.08. The van der Waals surface area contributed by atoms with Crippen molar-refractivity contribution in [1.29, 1.82) is 0 Å². The monoisotopic (exact) mass is 280 g/mol. The van der Waals surface area contributed by atoms with Crippen LogP contribution in [-0.2, 0) is 6.54 Å². The molecule has 2 rings (SSSR count). The molecule has 1 heterocycles. The highest BCUT2D eigenvalue weighted by Gasteiger charge is 2.07. The number of nitrogens with one attached hydrogen (secondary N) is 1. The van der Waals surface area contributed by atoms with Crippen molar-refractivity contribution in [2.24, 2.45) is 0 Å². The first kappa shape index (κ1) is 13.4. The van der Waals surface area contributed by atoms with Gasteiger partial charge in [0.1, 0.15) is 5.75 Å². The van der Waals surface area contributed by atoms with Crippen molar-refractivity contribution in [3.05, 3.63) is 41.2 Å². The van der Waals surface area contributed by atoms with Crippen LogP contribution in [0.25, 0.3) is 0 Å². The molecule has 6 nitrogen and oxygen atoms in total. The standard InChI is InChI=1S/C12H13ClN4O2/c13-10-8-9(2-3-11(10)18)12(19)14-4-1-6-17-7-5-15-16-17/h2-3,5,7-8,18H,1,4,6H2,(H,14,19). The lowest BCUT2D eigenvalue weighted by atomic mass is 10.2. The Labute approximate surface area is 115 Å². The van der Waals surface area contributed by atoms with Crippen LogP contribution in [0.2, 0.25) is 5.02 Å². The van der Waals surface area contributed by atoms with Gasteiger partial charge in [-0.2, -0.15) is 0 Å². The molecule has 2 aromatic rings. The van der Waals surface area contributed by atoms with E-state index in [2.05, 4.69) is 15.6 Å². The second-order valence-electron chi connectivity index (χ2n) is 3.94. The Kier molecular flexibility index (Phi) is 4.35. The summed E-state index contributed by atoms with van der Waals surface area (Å²) in [6.07, 6.45) is 4.12. The van der Waals surface area contributed by atoms with E-state index in [0.29, 0.717) is 18.7 Å². The number of benzene rings is 1. The molecule has 0 aliphatic carbocycles. The van der Waals surface area contributed by atoms with E-state index in [0.717, 1.165) is 6.42 Å². The fourth-order valence-corrected chi connectivity index (χ4v) is 1.73. The molecular weight excluding hydrogens is 268 g/mol. The summed E-state index contributed by atoms with van der Waals surface area (Å²) < 4.78 is 1.70. The minimum absolute atomic E-state index is 0.0376. The summed E-state index contributed by atoms with van der Waals surface area (Å²) in [4.78, 5) is 11.8. The molecule has 0 atom stereocenters. The molecule has 0 aliphatic rings. The van der Waals surface area contributed by atoms with E-state index in [1.54, 1.807) is 17.1 Å². The van der Waals surface area contributed by atoms with E-state index in [1.165, 1.54) is 18.2 Å². The summed E-state index contributed by atoms with van der Waals surface area (Å²) in [6.45, 7) is 1.22. The third kappa shape index (κ3) is 3.69. The number of amides is 1. The second-order valence-corrected chi connectivity index (χ2v) is 4.35. The number of aryl methyl sites for hydroxylation is 1. The van der Waals surface area contributed by atoms with Crippen LogP contribution in [0.3, 0.4) is 0 Å². The van der Waals surface area contributed by atoms with Gasteiger partial charge < -0.3 is 10.4 Å². The van der Waals surface area contributed by atoms with Gasteiger partial charge in [0.25, 0.3) is 5.91 Å². The molecule has 2 N–H and O–H groups in total. The van der Waals surface area contributed by atoms with Crippen LogP contribution in [0.5, 0.6) is 5.75 Å². The van der Waals surface area contributed by atoms with Gasteiger partial charge in [-0.05, 0) is 24.6 Å². The van der Waals surface area contributed by atoms with E-state index < -0.39 is 0 Å². The van der Waals surface area contributed by atoms with Crippen molar-refractivity contribution in [1.82, 2.24) is 20.3 Å². The number of hydrogen-bond donors (Lipinski definition) is 2. The van der Waals surface area contributed by atoms with Gasteiger partial charge in [0, 0.05) is 24.8 Å². The quantitative estimate of drug-likeness (QED) is 0.813. The number of carbonyl (C=O) groups excluding carboxylic acids is 1. The predicted molar refractivity (Wildman–Crippen MR) is 70.1 cm³/mol. The Morgan fingerprint density at radius 3 is 3.00 bits per heavy atom. The summed E-state index contributed by atoms with van der Waals surface area (Å²) in [6, 6.07) is 4.35.